The van der Waals surface area contributed by atoms with Gasteiger partial charge in [-0.3, -0.25) is 0 Å². The Kier molecular flexibility index (Phi) is 4.46. The first-order valence-corrected chi connectivity index (χ1v) is 11.3. The van der Waals surface area contributed by atoms with Crippen LogP contribution >= 0.6 is 0 Å². The SMILES string of the molecule is CC.CCC(C)c1ccc2c(c1)-c1ccc3cc4ccccc4cc3c1C1CC21. The minimum absolute atomic E-state index is 0.625. The average molecular weight is 379 g/mol. The van der Waals surface area contributed by atoms with Crippen molar-refractivity contribution in [3.63, 3.8) is 0 Å². The molecule has 4 aromatic carbocycles. The third kappa shape index (κ3) is 2.81. The number of hydrogen-bond acceptors (Lipinski definition) is 0. The highest BCUT2D eigenvalue weighted by Crippen LogP contribution is 2.63. The molecule has 2 aliphatic rings. The Morgan fingerprint density at radius 2 is 1.55 bits per heavy atom. The zero-order valence-corrected chi connectivity index (χ0v) is 18.0. The lowest BCUT2D eigenvalue weighted by atomic mass is 9.81. The van der Waals surface area contributed by atoms with Gasteiger partial charge in [0, 0.05) is 0 Å². The summed E-state index contributed by atoms with van der Waals surface area (Å²) in [7, 11) is 0. The molecule has 0 N–H and O–H groups in total. The highest BCUT2D eigenvalue weighted by Gasteiger charge is 2.46. The zero-order chi connectivity index (χ0) is 20.1. The summed E-state index contributed by atoms with van der Waals surface area (Å²) in [5, 5.41) is 5.56. The van der Waals surface area contributed by atoms with Crippen molar-refractivity contribution in [2.24, 2.45) is 0 Å². The van der Waals surface area contributed by atoms with Crippen molar-refractivity contribution < 1.29 is 0 Å². The summed E-state index contributed by atoms with van der Waals surface area (Å²) < 4.78 is 0. The highest BCUT2D eigenvalue weighted by molar-refractivity contribution is 6.03. The molecule has 0 saturated heterocycles. The van der Waals surface area contributed by atoms with E-state index in [0.29, 0.717) is 11.8 Å². The van der Waals surface area contributed by atoms with Crippen molar-refractivity contribution in [2.45, 2.75) is 58.3 Å². The molecule has 0 radical (unpaired) electrons. The van der Waals surface area contributed by atoms with Gasteiger partial charge in [-0.15, -0.1) is 0 Å². The van der Waals surface area contributed by atoms with E-state index < -0.39 is 0 Å². The monoisotopic (exact) mass is 378 g/mol. The molecular formula is C29H30. The molecule has 0 aromatic heterocycles. The van der Waals surface area contributed by atoms with E-state index in [9.17, 15) is 0 Å². The Labute approximate surface area is 174 Å². The summed E-state index contributed by atoms with van der Waals surface area (Å²) in [6.07, 6.45) is 2.51. The third-order valence-corrected chi connectivity index (χ3v) is 7.04. The van der Waals surface area contributed by atoms with Crippen molar-refractivity contribution in [1.29, 1.82) is 0 Å². The second-order valence-electron chi connectivity index (χ2n) is 8.55. The molecule has 1 fully saturated rings. The number of benzene rings is 4. The third-order valence-electron chi connectivity index (χ3n) is 7.04. The van der Waals surface area contributed by atoms with Gasteiger partial charge >= 0.3 is 0 Å². The molecular weight excluding hydrogens is 348 g/mol. The van der Waals surface area contributed by atoms with Gasteiger partial charge in [0.2, 0.25) is 0 Å². The molecule has 0 aliphatic heterocycles. The second-order valence-corrected chi connectivity index (χ2v) is 8.55. The lowest BCUT2D eigenvalue weighted by molar-refractivity contribution is 0.733. The number of hydrogen-bond donors (Lipinski definition) is 0. The van der Waals surface area contributed by atoms with Crippen LogP contribution in [0.4, 0.5) is 0 Å². The van der Waals surface area contributed by atoms with Gasteiger partial charge in [-0.05, 0) is 92.1 Å². The van der Waals surface area contributed by atoms with Crippen molar-refractivity contribution in [3.8, 4) is 11.1 Å². The van der Waals surface area contributed by atoms with E-state index in [1.54, 1.807) is 11.1 Å². The Morgan fingerprint density at radius 1 is 0.793 bits per heavy atom. The molecule has 0 spiro atoms. The molecule has 0 nitrogen and oxygen atoms in total. The van der Waals surface area contributed by atoms with Crippen LogP contribution < -0.4 is 0 Å². The van der Waals surface area contributed by atoms with Crippen molar-refractivity contribution in [3.05, 3.63) is 83.4 Å². The summed E-state index contributed by atoms with van der Waals surface area (Å²) in [5.74, 6) is 2.07. The number of fused-ring (bicyclic) bond motifs is 9. The molecule has 146 valence electrons. The molecule has 29 heavy (non-hydrogen) atoms. The Hall–Kier alpha value is -2.60. The smallest absolute Gasteiger partial charge is 0.00743 e. The summed E-state index contributed by atoms with van der Waals surface area (Å²) in [4.78, 5) is 0. The topological polar surface area (TPSA) is 0 Å². The molecule has 0 heteroatoms. The van der Waals surface area contributed by atoms with Crippen LogP contribution in [0.25, 0.3) is 32.7 Å². The highest BCUT2D eigenvalue weighted by atomic mass is 14.5. The lowest BCUT2D eigenvalue weighted by Gasteiger charge is -2.23. The Morgan fingerprint density at radius 3 is 2.31 bits per heavy atom. The van der Waals surface area contributed by atoms with E-state index in [1.165, 1.54) is 51.1 Å². The summed E-state index contributed by atoms with van der Waals surface area (Å²) in [5.41, 5.74) is 7.66. The van der Waals surface area contributed by atoms with Gasteiger partial charge in [-0.25, -0.2) is 0 Å². The predicted molar refractivity (Wildman–Crippen MR) is 127 cm³/mol. The zero-order valence-electron chi connectivity index (χ0n) is 18.0. The van der Waals surface area contributed by atoms with E-state index in [4.69, 9.17) is 0 Å². The fourth-order valence-electron chi connectivity index (χ4n) is 5.20. The van der Waals surface area contributed by atoms with Gasteiger partial charge in [0.25, 0.3) is 0 Å². The second kappa shape index (κ2) is 7.02. The maximum Gasteiger partial charge on any atom is -0.00743 e. The molecule has 0 amide bonds. The molecule has 4 aromatic rings. The fraction of sp³-hybridized carbons (Fsp3) is 0.310. The maximum absolute atomic E-state index is 2.49. The van der Waals surface area contributed by atoms with E-state index in [2.05, 4.69) is 80.6 Å². The van der Waals surface area contributed by atoms with Gasteiger partial charge in [0.1, 0.15) is 0 Å². The van der Waals surface area contributed by atoms with Crippen LogP contribution in [0.1, 0.15) is 75.0 Å². The molecule has 3 atom stereocenters. The van der Waals surface area contributed by atoms with Crippen LogP contribution in [0, 0.1) is 0 Å². The Bertz CT molecular complexity index is 1210. The van der Waals surface area contributed by atoms with Crippen LogP contribution in [-0.2, 0) is 0 Å². The molecule has 0 bridgehead atoms. The van der Waals surface area contributed by atoms with Gasteiger partial charge in [-0.2, -0.15) is 0 Å². The van der Waals surface area contributed by atoms with Gasteiger partial charge in [0.05, 0.1) is 0 Å². The normalized spacial score (nSPS) is 19.6. The Balaban J connectivity index is 0.000000882. The van der Waals surface area contributed by atoms with Crippen LogP contribution in [0.3, 0.4) is 0 Å². The molecule has 6 rings (SSSR count). The van der Waals surface area contributed by atoms with Crippen LogP contribution in [0.15, 0.2) is 66.7 Å². The average Bonchev–Trinajstić information content (AvgIpc) is 3.59. The van der Waals surface area contributed by atoms with Crippen LogP contribution in [-0.4, -0.2) is 0 Å². The van der Waals surface area contributed by atoms with Gasteiger partial charge in [-0.1, -0.05) is 82.3 Å². The summed E-state index contributed by atoms with van der Waals surface area (Å²) in [6.45, 7) is 8.63. The first kappa shape index (κ1) is 18.4. The lowest BCUT2D eigenvalue weighted by Crippen LogP contribution is -2.02. The predicted octanol–water partition coefficient (Wildman–Crippen LogP) is 8.78. The van der Waals surface area contributed by atoms with Crippen molar-refractivity contribution in [2.75, 3.05) is 0 Å². The van der Waals surface area contributed by atoms with E-state index in [-0.39, 0.29) is 0 Å². The minimum Gasteiger partial charge on any atom is -0.0683 e. The van der Waals surface area contributed by atoms with E-state index in [1.807, 2.05) is 13.8 Å². The largest absolute Gasteiger partial charge is 0.0683 e. The van der Waals surface area contributed by atoms with Crippen molar-refractivity contribution >= 4 is 21.5 Å². The fourth-order valence-corrected chi connectivity index (χ4v) is 5.20. The van der Waals surface area contributed by atoms with Gasteiger partial charge < -0.3 is 0 Å². The van der Waals surface area contributed by atoms with Crippen molar-refractivity contribution in [1.82, 2.24) is 0 Å². The first-order valence-electron chi connectivity index (χ1n) is 11.3. The van der Waals surface area contributed by atoms with Crippen LogP contribution in [0.5, 0.6) is 0 Å². The summed E-state index contributed by atoms with van der Waals surface area (Å²) in [6, 6.07) is 25.6. The standard InChI is InChI=1S/C27H24.C2H6/c1-3-16(2)17-8-10-21-24(13-17)22-11-9-20-12-18-6-4-5-7-19(18)14-23(20)27(22)26-15-25(21)26;1-2/h4-14,16,25-26H,3,15H2,1-2H3;1-2H3. The van der Waals surface area contributed by atoms with E-state index >= 15 is 0 Å². The minimum atomic E-state index is 0.625. The molecule has 0 heterocycles. The number of rotatable bonds is 2. The maximum atomic E-state index is 2.49. The summed E-state index contributed by atoms with van der Waals surface area (Å²) >= 11 is 0. The quantitative estimate of drug-likeness (QED) is 0.306. The molecule has 1 saturated carbocycles. The van der Waals surface area contributed by atoms with E-state index in [0.717, 1.165) is 5.92 Å². The first-order chi connectivity index (χ1) is 14.2. The van der Waals surface area contributed by atoms with Crippen LogP contribution in [0.2, 0.25) is 0 Å². The van der Waals surface area contributed by atoms with Gasteiger partial charge in [0.15, 0.2) is 0 Å². The molecule has 2 aliphatic carbocycles. The molecule has 3 unspecified atom stereocenters.